The highest BCUT2D eigenvalue weighted by molar-refractivity contribution is 6.08. The van der Waals surface area contributed by atoms with Crippen LogP contribution in [0.5, 0.6) is 0 Å². The van der Waals surface area contributed by atoms with Crippen molar-refractivity contribution >= 4 is 17.9 Å². The van der Waals surface area contributed by atoms with Crippen LogP contribution in [0.2, 0.25) is 0 Å². The number of nitrogens with zero attached hydrogens (tertiary/aromatic N) is 1. The highest BCUT2D eigenvalue weighted by Gasteiger charge is 2.50. The number of hydrogen-bond donors (Lipinski definition) is 2. The molecule has 6 nitrogen and oxygen atoms in total. The Hall–Kier alpha value is -2.44. The molecule has 100 valence electrons. The Kier molecular flexibility index (Phi) is 2.97. The number of rotatable bonds is 3. The van der Waals surface area contributed by atoms with E-state index >= 15 is 0 Å². The molecule has 1 atom stereocenters. The summed E-state index contributed by atoms with van der Waals surface area (Å²) in [6.45, 7) is 0.586. The van der Waals surface area contributed by atoms with E-state index in [4.69, 9.17) is 5.11 Å². The normalized spacial score (nSPS) is 22.5. The van der Waals surface area contributed by atoms with Crippen molar-refractivity contribution in [3.8, 4) is 0 Å². The van der Waals surface area contributed by atoms with Gasteiger partial charge in [-0.3, -0.25) is 14.5 Å². The van der Waals surface area contributed by atoms with Crippen molar-refractivity contribution in [1.29, 1.82) is 0 Å². The molecule has 0 bridgehead atoms. The number of halogens is 1. The van der Waals surface area contributed by atoms with E-state index < -0.39 is 35.8 Å². The second-order valence-corrected chi connectivity index (χ2v) is 4.32. The third kappa shape index (κ3) is 2.03. The lowest BCUT2D eigenvalue weighted by atomic mass is 9.91. The van der Waals surface area contributed by atoms with E-state index in [2.05, 4.69) is 5.32 Å². The van der Waals surface area contributed by atoms with Gasteiger partial charge in [0.2, 0.25) is 0 Å². The first-order valence-corrected chi connectivity index (χ1v) is 5.47. The van der Waals surface area contributed by atoms with Crippen LogP contribution in [-0.4, -0.2) is 34.5 Å². The number of hydrogen-bond acceptors (Lipinski definition) is 3. The Morgan fingerprint density at radius 2 is 2.05 bits per heavy atom. The van der Waals surface area contributed by atoms with Crippen LogP contribution >= 0.6 is 0 Å². The summed E-state index contributed by atoms with van der Waals surface area (Å²) in [4.78, 5) is 34.9. The van der Waals surface area contributed by atoms with E-state index in [0.717, 1.165) is 0 Å². The van der Waals surface area contributed by atoms with Gasteiger partial charge in [-0.1, -0.05) is 18.2 Å². The summed E-state index contributed by atoms with van der Waals surface area (Å²) in [5.74, 6) is -2.75. The fraction of sp³-hybridized carbons (Fsp3) is 0.250. The minimum atomic E-state index is -1.59. The maximum absolute atomic E-state index is 13.7. The van der Waals surface area contributed by atoms with Gasteiger partial charge in [0.15, 0.2) is 0 Å². The Morgan fingerprint density at radius 3 is 2.63 bits per heavy atom. The molecule has 2 N–H and O–H groups in total. The lowest BCUT2D eigenvalue weighted by Crippen LogP contribution is -2.42. The summed E-state index contributed by atoms with van der Waals surface area (Å²) < 4.78 is 13.7. The zero-order valence-electron chi connectivity index (χ0n) is 10.0. The van der Waals surface area contributed by atoms with Crippen molar-refractivity contribution in [2.45, 2.75) is 12.5 Å². The molecule has 0 aromatic heterocycles. The van der Waals surface area contributed by atoms with Crippen molar-refractivity contribution in [3.63, 3.8) is 0 Å². The molecule has 1 heterocycles. The molecule has 1 aromatic carbocycles. The smallest absolute Gasteiger partial charge is 0.325 e. The molecule has 19 heavy (non-hydrogen) atoms. The monoisotopic (exact) mass is 266 g/mol. The second kappa shape index (κ2) is 4.34. The summed E-state index contributed by atoms with van der Waals surface area (Å²) in [7, 11) is 0. The molecule has 1 aliphatic heterocycles. The largest absolute Gasteiger partial charge is 0.480 e. The van der Waals surface area contributed by atoms with Crippen LogP contribution in [0.15, 0.2) is 24.3 Å². The van der Waals surface area contributed by atoms with Crippen LogP contribution in [0.1, 0.15) is 12.5 Å². The zero-order chi connectivity index (χ0) is 14.2. The highest BCUT2D eigenvalue weighted by atomic mass is 19.1. The molecule has 0 radical (unpaired) electrons. The van der Waals surface area contributed by atoms with E-state index in [9.17, 15) is 18.8 Å². The maximum atomic E-state index is 13.7. The highest BCUT2D eigenvalue weighted by Crippen LogP contribution is 2.30. The Balaban J connectivity index is 2.41. The number of aliphatic carboxylic acids is 1. The Morgan fingerprint density at radius 1 is 1.42 bits per heavy atom. The summed E-state index contributed by atoms with van der Waals surface area (Å²) in [5.41, 5.74) is -1.58. The molecular formula is C12H11FN2O4. The molecule has 0 aliphatic carbocycles. The van der Waals surface area contributed by atoms with Crippen LogP contribution in [0.3, 0.4) is 0 Å². The first-order chi connectivity index (χ1) is 8.86. The second-order valence-electron chi connectivity index (χ2n) is 4.32. The van der Waals surface area contributed by atoms with Crippen molar-refractivity contribution in [3.05, 3.63) is 35.6 Å². The van der Waals surface area contributed by atoms with Gasteiger partial charge in [-0.25, -0.2) is 9.18 Å². The maximum Gasteiger partial charge on any atom is 0.325 e. The molecule has 0 saturated carbocycles. The van der Waals surface area contributed by atoms with Gasteiger partial charge >= 0.3 is 12.0 Å². The SMILES string of the molecule is CC1(c2ccccc2F)NC(=O)N(CC(=O)O)C1=O. The lowest BCUT2D eigenvalue weighted by molar-refractivity contribution is -0.142. The number of urea groups is 1. The van der Waals surface area contributed by atoms with Gasteiger partial charge in [-0.2, -0.15) is 0 Å². The molecular weight excluding hydrogens is 255 g/mol. The Bertz CT molecular complexity index is 575. The van der Waals surface area contributed by atoms with Crippen molar-refractivity contribution < 1.29 is 23.9 Å². The van der Waals surface area contributed by atoms with Crippen molar-refractivity contribution in [1.82, 2.24) is 10.2 Å². The van der Waals surface area contributed by atoms with Gasteiger partial charge in [0, 0.05) is 5.56 Å². The van der Waals surface area contributed by atoms with Crippen LogP contribution in [0, 0.1) is 5.82 Å². The number of imide groups is 1. The average molecular weight is 266 g/mol. The first kappa shape index (κ1) is 13.0. The third-order valence-corrected chi connectivity index (χ3v) is 2.98. The van der Waals surface area contributed by atoms with E-state index in [-0.39, 0.29) is 5.56 Å². The molecule has 1 aromatic rings. The van der Waals surface area contributed by atoms with Crippen molar-refractivity contribution in [2.24, 2.45) is 0 Å². The summed E-state index contributed by atoms with van der Waals surface area (Å²) in [5, 5.41) is 11.0. The van der Waals surface area contributed by atoms with Crippen LogP contribution < -0.4 is 5.32 Å². The first-order valence-electron chi connectivity index (χ1n) is 5.47. The average Bonchev–Trinajstić information content (AvgIpc) is 2.54. The van der Waals surface area contributed by atoms with Crippen LogP contribution in [-0.2, 0) is 15.1 Å². The number of amides is 3. The molecule has 2 rings (SSSR count). The summed E-state index contributed by atoms with van der Waals surface area (Å²) in [6.07, 6.45) is 0. The van der Waals surface area contributed by atoms with Gasteiger partial charge in [-0.15, -0.1) is 0 Å². The van der Waals surface area contributed by atoms with Crippen LogP contribution in [0.25, 0.3) is 0 Å². The molecule has 1 fully saturated rings. The van der Waals surface area contributed by atoms with E-state index in [1.165, 1.54) is 31.2 Å². The Labute approximate surface area is 107 Å². The minimum absolute atomic E-state index is 0.00115. The predicted octanol–water partition coefficient (Wildman–Crippen LogP) is 0.677. The number of nitrogens with one attached hydrogen (secondary N) is 1. The van der Waals surface area contributed by atoms with E-state index in [1.54, 1.807) is 0 Å². The summed E-state index contributed by atoms with van der Waals surface area (Å²) >= 11 is 0. The molecule has 1 unspecified atom stereocenters. The van der Waals surface area contributed by atoms with Gasteiger partial charge in [-0.05, 0) is 13.0 Å². The number of benzene rings is 1. The number of carboxylic acid groups (broad SMARTS) is 1. The molecule has 7 heteroatoms. The third-order valence-electron chi connectivity index (χ3n) is 2.98. The fourth-order valence-corrected chi connectivity index (χ4v) is 2.03. The standard InChI is InChI=1S/C12H11FN2O4/c1-12(7-4-2-3-5-8(7)13)10(18)15(6-9(16)17)11(19)14-12/h2-5H,6H2,1H3,(H,14,19)(H,16,17). The van der Waals surface area contributed by atoms with Gasteiger partial charge in [0.1, 0.15) is 17.9 Å². The molecule has 3 amide bonds. The van der Waals surface area contributed by atoms with E-state index in [0.29, 0.717) is 4.90 Å². The summed E-state index contributed by atoms with van der Waals surface area (Å²) in [6, 6.07) is 4.68. The number of carboxylic acids is 1. The number of carbonyl (C=O) groups is 3. The van der Waals surface area contributed by atoms with Gasteiger partial charge in [0.25, 0.3) is 5.91 Å². The minimum Gasteiger partial charge on any atom is -0.480 e. The zero-order valence-corrected chi connectivity index (χ0v) is 10.0. The van der Waals surface area contributed by atoms with Gasteiger partial charge in [0.05, 0.1) is 0 Å². The van der Waals surface area contributed by atoms with Crippen LogP contribution in [0.4, 0.5) is 9.18 Å². The predicted molar refractivity (Wildman–Crippen MR) is 61.6 cm³/mol. The van der Waals surface area contributed by atoms with E-state index in [1.807, 2.05) is 0 Å². The lowest BCUT2D eigenvalue weighted by Gasteiger charge is -2.22. The topological polar surface area (TPSA) is 86.7 Å². The van der Waals surface area contributed by atoms with Crippen molar-refractivity contribution in [2.75, 3.05) is 6.54 Å². The quantitative estimate of drug-likeness (QED) is 0.787. The molecule has 1 saturated heterocycles. The number of carbonyl (C=O) groups excluding carboxylic acids is 2. The van der Waals surface area contributed by atoms with Gasteiger partial charge < -0.3 is 10.4 Å². The molecule has 0 spiro atoms. The molecule has 1 aliphatic rings. The fourth-order valence-electron chi connectivity index (χ4n) is 2.03.